The highest BCUT2D eigenvalue weighted by Crippen LogP contribution is 2.42. The summed E-state index contributed by atoms with van der Waals surface area (Å²) < 4.78 is 6.10. The van der Waals surface area contributed by atoms with Crippen LogP contribution in [0.5, 0.6) is 0 Å². The number of fused-ring (bicyclic) bond motifs is 1. The number of aliphatic carboxylic acids is 1. The zero-order valence-corrected chi connectivity index (χ0v) is 14.4. The van der Waals surface area contributed by atoms with Crippen LogP contribution < -0.4 is 5.32 Å². The van der Waals surface area contributed by atoms with E-state index >= 15 is 0 Å². The fourth-order valence-electron chi connectivity index (χ4n) is 3.03. The Morgan fingerprint density at radius 1 is 0.963 bits per heavy atom. The van der Waals surface area contributed by atoms with E-state index in [9.17, 15) is 4.79 Å². The fraction of sp³-hybridized carbons (Fsp3) is 0.0952. The van der Waals surface area contributed by atoms with Crippen molar-refractivity contribution in [2.24, 2.45) is 0 Å². The zero-order valence-electron chi connectivity index (χ0n) is 14.4. The average molecular weight is 359 g/mol. The van der Waals surface area contributed by atoms with Gasteiger partial charge in [-0.1, -0.05) is 60.7 Å². The number of carboxylic acid groups (broad SMARTS) is 1. The number of aromatic nitrogens is 2. The van der Waals surface area contributed by atoms with Gasteiger partial charge in [-0.15, -0.1) is 0 Å². The Balaban J connectivity index is 1.92. The van der Waals surface area contributed by atoms with Gasteiger partial charge in [0, 0.05) is 17.7 Å². The number of carbonyl (C=O) groups is 1. The molecule has 2 heterocycles. The second-order valence-electron chi connectivity index (χ2n) is 6.01. The lowest BCUT2D eigenvalue weighted by atomic mass is 9.99. The monoisotopic (exact) mass is 359 g/mol. The van der Waals surface area contributed by atoms with Gasteiger partial charge in [0.1, 0.15) is 17.9 Å². The average Bonchev–Trinajstić information content (AvgIpc) is 3.09. The van der Waals surface area contributed by atoms with Crippen LogP contribution in [0.1, 0.15) is 6.42 Å². The first-order valence-electron chi connectivity index (χ1n) is 8.58. The summed E-state index contributed by atoms with van der Waals surface area (Å²) in [5, 5.41) is 12.7. The molecular formula is C21H17N3O3. The van der Waals surface area contributed by atoms with Crippen LogP contribution in [0.25, 0.3) is 33.6 Å². The molecule has 6 nitrogen and oxygen atoms in total. The van der Waals surface area contributed by atoms with Gasteiger partial charge in [0.25, 0.3) is 0 Å². The molecule has 0 spiro atoms. The van der Waals surface area contributed by atoms with Gasteiger partial charge < -0.3 is 14.8 Å². The molecule has 0 unspecified atom stereocenters. The van der Waals surface area contributed by atoms with E-state index in [1.165, 1.54) is 6.33 Å². The van der Waals surface area contributed by atoms with Gasteiger partial charge in [0.2, 0.25) is 5.71 Å². The molecule has 0 amide bonds. The highest BCUT2D eigenvalue weighted by atomic mass is 16.4. The van der Waals surface area contributed by atoms with Crippen molar-refractivity contribution in [3.63, 3.8) is 0 Å². The molecule has 2 aromatic carbocycles. The van der Waals surface area contributed by atoms with Gasteiger partial charge in [-0.3, -0.25) is 4.79 Å². The quantitative estimate of drug-likeness (QED) is 0.529. The Kier molecular flexibility index (Phi) is 4.53. The van der Waals surface area contributed by atoms with Gasteiger partial charge in [-0.2, -0.15) is 0 Å². The minimum atomic E-state index is -0.867. The van der Waals surface area contributed by atoms with Crippen LogP contribution in [0.4, 0.5) is 5.82 Å². The predicted octanol–water partition coefficient (Wildman–Crippen LogP) is 4.44. The zero-order chi connectivity index (χ0) is 18.6. The maximum Gasteiger partial charge on any atom is 0.305 e. The molecule has 27 heavy (non-hydrogen) atoms. The number of benzene rings is 2. The summed E-state index contributed by atoms with van der Waals surface area (Å²) in [6, 6.07) is 19.7. The number of carboxylic acids is 1. The summed E-state index contributed by atoms with van der Waals surface area (Å²) in [4.78, 5) is 19.4. The Morgan fingerprint density at radius 3 is 2.30 bits per heavy atom. The lowest BCUT2D eigenvalue weighted by molar-refractivity contribution is -0.136. The van der Waals surface area contributed by atoms with Gasteiger partial charge >= 0.3 is 5.97 Å². The molecule has 0 atom stereocenters. The molecule has 0 aliphatic carbocycles. The maximum atomic E-state index is 10.8. The van der Waals surface area contributed by atoms with Crippen molar-refractivity contribution in [2.75, 3.05) is 11.9 Å². The van der Waals surface area contributed by atoms with Gasteiger partial charge in [0.15, 0.2) is 0 Å². The topological polar surface area (TPSA) is 88.2 Å². The summed E-state index contributed by atoms with van der Waals surface area (Å²) in [5.74, 6) is 0.401. The molecule has 0 saturated carbocycles. The van der Waals surface area contributed by atoms with Crippen LogP contribution in [0.2, 0.25) is 0 Å². The summed E-state index contributed by atoms with van der Waals surface area (Å²) in [7, 11) is 0. The Morgan fingerprint density at radius 2 is 1.63 bits per heavy atom. The van der Waals surface area contributed by atoms with Gasteiger partial charge in [-0.05, 0) is 5.56 Å². The highest BCUT2D eigenvalue weighted by molar-refractivity contribution is 6.05. The van der Waals surface area contributed by atoms with E-state index in [1.807, 2.05) is 60.7 Å². The molecule has 0 saturated heterocycles. The minimum absolute atomic E-state index is 0.00440. The third-order valence-electron chi connectivity index (χ3n) is 4.22. The fourth-order valence-corrected chi connectivity index (χ4v) is 3.03. The minimum Gasteiger partial charge on any atom is -0.481 e. The maximum absolute atomic E-state index is 10.8. The molecule has 4 rings (SSSR count). The first-order chi connectivity index (χ1) is 13.2. The van der Waals surface area contributed by atoms with Crippen LogP contribution in [-0.2, 0) is 4.79 Å². The van der Waals surface area contributed by atoms with E-state index in [0.29, 0.717) is 17.3 Å². The number of rotatable bonds is 6. The van der Waals surface area contributed by atoms with Gasteiger partial charge in [-0.25, -0.2) is 9.97 Å². The summed E-state index contributed by atoms with van der Waals surface area (Å²) in [6.45, 7) is 0.265. The number of nitrogens with one attached hydrogen (secondary N) is 1. The number of anilines is 1. The molecule has 4 aromatic rings. The third kappa shape index (κ3) is 3.37. The SMILES string of the molecule is O=C(O)CCNc1ncnc2oc(-c3ccccc3)c(-c3ccccc3)c12. The molecule has 2 aromatic heterocycles. The van der Waals surface area contributed by atoms with Crippen molar-refractivity contribution in [3.05, 3.63) is 67.0 Å². The molecule has 0 radical (unpaired) electrons. The Bertz CT molecular complexity index is 1080. The molecule has 134 valence electrons. The predicted molar refractivity (Wildman–Crippen MR) is 103 cm³/mol. The van der Waals surface area contributed by atoms with Crippen LogP contribution >= 0.6 is 0 Å². The van der Waals surface area contributed by atoms with Crippen LogP contribution in [0, 0.1) is 0 Å². The molecule has 0 aliphatic heterocycles. The van der Waals surface area contributed by atoms with Crippen molar-refractivity contribution < 1.29 is 14.3 Å². The first-order valence-corrected chi connectivity index (χ1v) is 8.58. The van der Waals surface area contributed by atoms with Crippen molar-refractivity contribution in [1.82, 2.24) is 9.97 Å². The van der Waals surface area contributed by atoms with E-state index in [0.717, 1.165) is 22.1 Å². The van der Waals surface area contributed by atoms with E-state index in [1.54, 1.807) is 0 Å². The molecule has 2 N–H and O–H groups in total. The highest BCUT2D eigenvalue weighted by Gasteiger charge is 2.21. The number of furan rings is 1. The van der Waals surface area contributed by atoms with E-state index in [2.05, 4.69) is 15.3 Å². The number of nitrogens with zero attached hydrogens (tertiary/aromatic N) is 2. The van der Waals surface area contributed by atoms with Crippen molar-refractivity contribution >= 4 is 22.9 Å². The lowest BCUT2D eigenvalue weighted by Crippen LogP contribution is -2.09. The summed E-state index contributed by atoms with van der Waals surface area (Å²) in [5.41, 5.74) is 3.26. The third-order valence-corrected chi connectivity index (χ3v) is 4.22. The van der Waals surface area contributed by atoms with Crippen LogP contribution in [0.3, 0.4) is 0 Å². The summed E-state index contributed by atoms with van der Waals surface area (Å²) >= 11 is 0. The molecule has 0 fully saturated rings. The Hall–Kier alpha value is -3.67. The second-order valence-corrected chi connectivity index (χ2v) is 6.01. The number of hydrogen-bond donors (Lipinski definition) is 2. The molecule has 0 bridgehead atoms. The number of hydrogen-bond acceptors (Lipinski definition) is 5. The summed E-state index contributed by atoms with van der Waals surface area (Å²) in [6.07, 6.45) is 1.41. The van der Waals surface area contributed by atoms with Crippen LogP contribution in [0.15, 0.2) is 71.4 Å². The molecular weight excluding hydrogens is 342 g/mol. The van der Waals surface area contributed by atoms with Gasteiger partial charge in [0.05, 0.1) is 11.8 Å². The first kappa shape index (κ1) is 16.8. The largest absolute Gasteiger partial charge is 0.481 e. The van der Waals surface area contributed by atoms with E-state index in [4.69, 9.17) is 9.52 Å². The van der Waals surface area contributed by atoms with E-state index in [-0.39, 0.29) is 13.0 Å². The molecule has 6 heteroatoms. The molecule has 0 aliphatic rings. The normalized spacial score (nSPS) is 10.8. The van der Waals surface area contributed by atoms with Crippen molar-refractivity contribution in [3.8, 4) is 22.5 Å². The smallest absolute Gasteiger partial charge is 0.305 e. The standard InChI is InChI=1S/C21H17N3O3/c25-16(26)11-12-22-20-18-17(14-7-3-1-4-8-14)19(15-9-5-2-6-10-15)27-21(18)24-13-23-20/h1-10,13H,11-12H2,(H,25,26)(H,22,23,24). The van der Waals surface area contributed by atoms with Crippen molar-refractivity contribution in [1.29, 1.82) is 0 Å². The second kappa shape index (κ2) is 7.29. The van der Waals surface area contributed by atoms with E-state index < -0.39 is 5.97 Å². The Labute approximate surface area is 155 Å². The van der Waals surface area contributed by atoms with Crippen molar-refractivity contribution in [2.45, 2.75) is 6.42 Å². The van der Waals surface area contributed by atoms with Crippen LogP contribution in [-0.4, -0.2) is 27.6 Å². The lowest BCUT2D eigenvalue weighted by Gasteiger charge is -2.07.